The molecular weight excluding hydrogens is 338 g/mol. The second-order valence-electron chi connectivity index (χ2n) is 5.73. The maximum Gasteiger partial charge on any atom is 0.310 e. The molecule has 0 radical (unpaired) electrons. The molecule has 0 aliphatic heterocycles. The van der Waals surface area contributed by atoms with Gasteiger partial charge < -0.3 is 14.3 Å². The molecule has 1 aromatic carbocycles. The van der Waals surface area contributed by atoms with E-state index in [1.807, 2.05) is 24.4 Å². The van der Waals surface area contributed by atoms with E-state index in [1.54, 1.807) is 42.5 Å². The number of hydrogen-bond acceptors (Lipinski definition) is 5. The Labute approximate surface area is 149 Å². The third-order valence-corrected chi connectivity index (χ3v) is 4.84. The van der Waals surface area contributed by atoms with Gasteiger partial charge in [0.1, 0.15) is 11.5 Å². The topological polar surface area (TPSA) is 72.6 Å². The molecule has 1 atom stereocenters. The van der Waals surface area contributed by atoms with E-state index in [1.165, 1.54) is 0 Å². The van der Waals surface area contributed by atoms with Crippen LogP contribution in [0.2, 0.25) is 0 Å². The molecule has 0 spiro atoms. The molecule has 1 N–H and O–H groups in total. The second-order valence-corrected chi connectivity index (χ2v) is 6.67. The van der Waals surface area contributed by atoms with E-state index in [0.29, 0.717) is 24.7 Å². The largest absolute Gasteiger partial charge is 0.493 e. The summed E-state index contributed by atoms with van der Waals surface area (Å²) in [6, 6.07) is 11.1. The van der Waals surface area contributed by atoms with E-state index in [4.69, 9.17) is 14.3 Å². The summed E-state index contributed by atoms with van der Waals surface area (Å²) in [5.74, 6) is 0.798. The Morgan fingerprint density at radius 3 is 2.72 bits per heavy atom. The van der Waals surface area contributed by atoms with Crippen LogP contribution < -0.4 is 4.74 Å². The van der Waals surface area contributed by atoms with Gasteiger partial charge in [-0.15, -0.1) is 11.3 Å². The first-order valence-electron chi connectivity index (χ1n) is 8.00. The number of ether oxygens (including phenoxy) is 1. The maximum atomic E-state index is 11.0. The first-order valence-corrected chi connectivity index (χ1v) is 8.88. The summed E-state index contributed by atoms with van der Waals surface area (Å²) in [6.45, 7) is 4.04. The number of aromatic nitrogens is 1. The van der Waals surface area contributed by atoms with Gasteiger partial charge in [0.2, 0.25) is 5.89 Å². The Morgan fingerprint density at radius 2 is 2.08 bits per heavy atom. The van der Waals surface area contributed by atoms with Gasteiger partial charge >= 0.3 is 5.97 Å². The van der Waals surface area contributed by atoms with E-state index in [9.17, 15) is 4.79 Å². The van der Waals surface area contributed by atoms with E-state index in [0.717, 1.165) is 21.9 Å². The van der Waals surface area contributed by atoms with Crippen LogP contribution in [0.4, 0.5) is 0 Å². The van der Waals surface area contributed by atoms with E-state index in [2.05, 4.69) is 4.98 Å². The van der Waals surface area contributed by atoms with E-state index < -0.39 is 11.9 Å². The van der Waals surface area contributed by atoms with Gasteiger partial charge in [0.25, 0.3) is 0 Å². The van der Waals surface area contributed by atoms with Crippen molar-refractivity contribution in [2.45, 2.75) is 26.2 Å². The molecule has 0 aliphatic rings. The molecule has 0 saturated carbocycles. The van der Waals surface area contributed by atoms with Gasteiger partial charge in [-0.3, -0.25) is 4.79 Å². The minimum Gasteiger partial charge on any atom is -0.493 e. The summed E-state index contributed by atoms with van der Waals surface area (Å²) in [7, 11) is 0. The molecule has 6 heteroatoms. The predicted molar refractivity (Wildman–Crippen MR) is 96.2 cm³/mol. The zero-order chi connectivity index (χ0) is 17.8. The van der Waals surface area contributed by atoms with Crippen molar-refractivity contribution in [3.8, 4) is 16.5 Å². The molecule has 3 rings (SSSR count). The van der Waals surface area contributed by atoms with Crippen molar-refractivity contribution < 1.29 is 19.1 Å². The predicted octanol–water partition coefficient (Wildman–Crippen LogP) is 4.52. The standard InChI is InChI=1S/C19H19NO4S/c1-12(19(21)22)14-5-7-15(8-6-14)23-10-9-16-13(2)24-18(20-16)17-4-3-11-25-17/h3-8,11-12H,9-10H2,1-2H3,(H,21,22). The molecular formula is C19H19NO4S. The zero-order valence-electron chi connectivity index (χ0n) is 14.1. The summed E-state index contributed by atoms with van der Waals surface area (Å²) in [4.78, 5) is 16.5. The molecule has 1 unspecified atom stereocenters. The highest BCUT2D eigenvalue weighted by molar-refractivity contribution is 7.13. The summed E-state index contributed by atoms with van der Waals surface area (Å²) >= 11 is 1.60. The molecule has 0 aliphatic carbocycles. The quantitative estimate of drug-likeness (QED) is 0.673. The summed E-state index contributed by atoms with van der Waals surface area (Å²) < 4.78 is 11.4. The Hall–Kier alpha value is -2.60. The van der Waals surface area contributed by atoms with Crippen molar-refractivity contribution in [3.05, 3.63) is 58.8 Å². The van der Waals surface area contributed by atoms with Crippen LogP contribution in [-0.2, 0) is 11.2 Å². The number of aliphatic carboxylic acids is 1. The molecule has 0 amide bonds. The summed E-state index contributed by atoms with van der Waals surface area (Å²) in [6.07, 6.45) is 0.647. The fraction of sp³-hybridized carbons (Fsp3) is 0.263. The lowest BCUT2D eigenvalue weighted by Crippen LogP contribution is -2.07. The number of rotatable bonds is 7. The van der Waals surface area contributed by atoms with Crippen molar-refractivity contribution in [1.29, 1.82) is 0 Å². The zero-order valence-corrected chi connectivity index (χ0v) is 14.9. The smallest absolute Gasteiger partial charge is 0.310 e. The Kier molecular flexibility index (Phi) is 5.19. The number of carboxylic acids is 1. The van der Waals surface area contributed by atoms with Crippen molar-refractivity contribution in [1.82, 2.24) is 4.98 Å². The highest BCUT2D eigenvalue weighted by Gasteiger charge is 2.14. The van der Waals surface area contributed by atoms with Crippen molar-refractivity contribution in [2.75, 3.05) is 6.61 Å². The molecule has 130 valence electrons. The minimum atomic E-state index is -0.836. The third-order valence-electron chi connectivity index (χ3n) is 3.98. The van der Waals surface area contributed by atoms with Crippen molar-refractivity contribution >= 4 is 17.3 Å². The molecule has 3 aromatic rings. The van der Waals surface area contributed by atoms with Crippen LogP contribution in [0.15, 0.2) is 46.2 Å². The summed E-state index contributed by atoms with van der Waals surface area (Å²) in [5, 5.41) is 11.0. The third kappa shape index (κ3) is 4.09. The van der Waals surface area contributed by atoms with Crippen LogP contribution >= 0.6 is 11.3 Å². The van der Waals surface area contributed by atoms with Gasteiger partial charge in [-0.2, -0.15) is 0 Å². The van der Waals surface area contributed by atoms with Crippen molar-refractivity contribution in [2.24, 2.45) is 0 Å². The van der Waals surface area contributed by atoms with Crippen LogP contribution in [0, 0.1) is 6.92 Å². The van der Waals surface area contributed by atoms with Gasteiger partial charge in [-0.05, 0) is 43.0 Å². The normalized spacial score (nSPS) is 12.1. The molecule has 25 heavy (non-hydrogen) atoms. The highest BCUT2D eigenvalue weighted by atomic mass is 32.1. The number of carbonyl (C=O) groups is 1. The lowest BCUT2D eigenvalue weighted by Gasteiger charge is -2.09. The molecule has 0 fully saturated rings. The fourth-order valence-electron chi connectivity index (χ4n) is 2.43. The number of hydrogen-bond donors (Lipinski definition) is 1. The van der Waals surface area contributed by atoms with Crippen LogP contribution in [0.3, 0.4) is 0 Å². The number of benzene rings is 1. The summed E-state index contributed by atoms with van der Waals surface area (Å²) in [5.41, 5.74) is 1.65. The van der Waals surface area contributed by atoms with E-state index in [-0.39, 0.29) is 0 Å². The Bertz CT molecular complexity index is 837. The average Bonchev–Trinajstić information content (AvgIpc) is 3.25. The highest BCUT2D eigenvalue weighted by Crippen LogP contribution is 2.26. The van der Waals surface area contributed by atoms with Crippen LogP contribution in [0.25, 0.3) is 10.8 Å². The lowest BCUT2D eigenvalue weighted by atomic mass is 10.0. The number of carboxylic acid groups (broad SMARTS) is 1. The van der Waals surface area contributed by atoms with Gasteiger partial charge in [-0.25, -0.2) is 4.98 Å². The fourth-order valence-corrected chi connectivity index (χ4v) is 3.08. The average molecular weight is 357 g/mol. The first kappa shape index (κ1) is 17.2. The van der Waals surface area contributed by atoms with Crippen LogP contribution in [-0.4, -0.2) is 22.7 Å². The molecule has 0 bridgehead atoms. The van der Waals surface area contributed by atoms with Crippen LogP contribution in [0.5, 0.6) is 5.75 Å². The molecule has 2 heterocycles. The number of nitrogens with zero attached hydrogens (tertiary/aromatic N) is 1. The second kappa shape index (κ2) is 7.53. The number of oxazole rings is 1. The molecule has 0 saturated heterocycles. The SMILES string of the molecule is Cc1oc(-c2cccs2)nc1CCOc1ccc(C(C)C(=O)O)cc1. The van der Waals surface area contributed by atoms with Crippen LogP contribution in [0.1, 0.15) is 29.9 Å². The Morgan fingerprint density at radius 1 is 1.32 bits per heavy atom. The molecule has 5 nitrogen and oxygen atoms in total. The Balaban J connectivity index is 1.57. The maximum absolute atomic E-state index is 11.0. The van der Waals surface area contributed by atoms with Gasteiger partial charge in [0.15, 0.2) is 0 Å². The van der Waals surface area contributed by atoms with Gasteiger partial charge in [0, 0.05) is 6.42 Å². The van der Waals surface area contributed by atoms with E-state index >= 15 is 0 Å². The molecule has 2 aromatic heterocycles. The van der Waals surface area contributed by atoms with Gasteiger partial charge in [-0.1, -0.05) is 18.2 Å². The lowest BCUT2D eigenvalue weighted by molar-refractivity contribution is -0.138. The monoisotopic (exact) mass is 357 g/mol. The van der Waals surface area contributed by atoms with Gasteiger partial charge in [0.05, 0.1) is 23.1 Å². The number of thiophene rings is 1. The number of aryl methyl sites for hydroxylation is 1. The van der Waals surface area contributed by atoms with Crippen molar-refractivity contribution in [3.63, 3.8) is 0 Å². The first-order chi connectivity index (χ1) is 12.0. The minimum absolute atomic E-state index is 0.477.